The molecule has 47 heavy (non-hydrogen) atoms. The molecule has 0 saturated heterocycles. The Kier molecular flexibility index (Phi) is 11.0. The minimum atomic E-state index is -0.199. The Morgan fingerprint density at radius 3 is 2.57 bits per heavy atom. The molecule has 2 N–H and O–H groups in total. The second kappa shape index (κ2) is 15.9. The van der Waals surface area contributed by atoms with Gasteiger partial charge in [-0.1, -0.05) is 43.7 Å². The molecule has 1 aromatic carbocycles. The molecule has 1 atom stereocenters. The predicted molar refractivity (Wildman–Crippen MR) is 181 cm³/mol. The van der Waals surface area contributed by atoms with Crippen LogP contribution in [0.4, 0.5) is 16.6 Å². The van der Waals surface area contributed by atoms with E-state index in [0.717, 1.165) is 42.4 Å². The molecule has 4 heterocycles. The molecule has 5 rings (SSSR count). The van der Waals surface area contributed by atoms with Crippen LogP contribution < -0.4 is 20.3 Å². The predicted octanol–water partition coefficient (Wildman–Crippen LogP) is 5.99. The average molecular weight is 631 g/mol. The molecule has 5 aromatic rings. The van der Waals surface area contributed by atoms with E-state index in [1.54, 1.807) is 40.3 Å². The summed E-state index contributed by atoms with van der Waals surface area (Å²) in [7, 11) is 3.41. The van der Waals surface area contributed by atoms with Crippen LogP contribution in [0, 0.1) is 11.3 Å². The number of pyridine rings is 2. The summed E-state index contributed by atoms with van der Waals surface area (Å²) in [6.07, 6.45) is 11.8. The van der Waals surface area contributed by atoms with Crippen LogP contribution in [0.3, 0.4) is 0 Å². The fourth-order valence-electron chi connectivity index (χ4n) is 5.30. The second-order valence-corrected chi connectivity index (χ2v) is 11.0. The largest absolute Gasteiger partial charge is 0.481 e. The molecular formula is C35H38N10O2. The van der Waals surface area contributed by atoms with Gasteiger partial charge in [0.05, 0.1) is 30.8 Å². The number of ether oxygens (including phenoxy) is 1. The van der Waals surface area contributed by atoms with Crippen molar-refractivity contribution in [2.24, 2.45) is 7.05 Å². The Labute approximate surface area is 274 Å². The Bertz CT molecular complexity index is 1800. The number of nitrogens with one attached hydrogen (secondary N) is 2. The second-order valence-electron chi connectivity index (χ2n) is 11.0. The molecule has 0 spiro atoms. The molecule has 0 aliphatic rings. The van der Waals surface area contributed by atoms with Gasteiger partial charge in [0.2, 0.25) is 11.8 Å². The summed E-state index contributed by atoms with van der Waals surface area (Å²) >= 11 is 0. The molecule has 240 valence electrons. The maximum atomic E-state index is 13.8. The van der Waals surface area contributed by atoms with Gasteiger partial charge in [-0.2, -0.15) is 10.4 Å². The van der Waals surface area contributed by atoms with Crippen LogP contribution in [0.15, 0.2) is 85.6 Å². The minimum absolute atomic E-state index is 0.101. The van der Waals surface area contributed by atoms with Crippen LogP contribution >= 0.6 is 0 Å². The smallest absolute Gasteiger partial charge is 0.323 e. The molecule has 0 aliphatic carbocycles. The first-order valence-corrected chi connectivity index (χ1v) is 15.6. The summed E-state index contributed by atoms with van der Waals surface area (Å²) in [5, 5.41) is 20.3. The van der Waals surface area contributed by atoms with Crippen molar-refractivity contribution in [3.63, 3.8) is 0 Å². The number of nitriles is 1. The maximum absolute atomic E-state index is 13.8. The molecule has 12 heteroatoms. The van der Waals surface area contributed by atoms with E-state index in [1.807, 2.05) is 55.7 Å². The summed E-state index contributed by atoms with van der Waals surface area (Å²) in [5.74, 6) is 1.43. The Hall–Kier alpha value is -5.83. The number of urea groups is 1. The molecular weight excluding hydrogens is 592 g/mol. The van der Waals surface area contributed by atoms with Crippen molar-refractivity contribution in [2.75, 3.05) is 23.9 Å². The SMILES string of the molecule is CCC[C@@H](CCCNc1ncc(C#N)c(-c2ccnc(OC)c2)n1)N(C(=O)NCc1ccccc1)c1ccc(-c2cnn(C)c2)cn1. The quantitative estimate of drug-likeness (QED) is 0.141. The van der Waals surface area contributed by atoms with E-state index in [9.17, 15) is 10.1 Å². The lowest BCUT2D eigenvalue weighted by molar-refractivity contribution is 0.242. The van der Waals surface area contributed by atoms with E-state index in [1.165, 1.54) is 13.3 Å². The molecule has 4 aromatic heterocycles. The molecule has 12 nitrogen and oxygen atoms in total. The average Bonchev–Trinajstić information content (AvgIpc) is 3.56. The number of benzene rings is 1. The third-order valence-corrected chi connectivity index (χ3v) is 7.65. The number of amides is 2. The third kappa shape index (κ3) is 8.46. The van der Waals surface area contributed by atoms with Crippen LogP contribution in [0.25, 0.3) is 22.4 Å². The van der Waals surface area contributed by atoms with Crippen molar-refractivity contribution in [2.45, 2.75) is 45.2 Å². The van der Waals surface area contributed by atoms with E-state index in [-0.39, 0.29) is 12.1 Å². The zero-order valence-corrected chi connectivity index (χ0v) is 26.8. The van der Waals surface area contributed by atoms with Gasteiger partial charge in [-0.05, 0) is 43.0 Å². The Balaban J connectivity index is 1.31. The van der Waals surface area contributed by atoms with Gasteiger partial charge in [-0.25, -0.2) is 24.7 Å². The fourth-order valence-corrected chi connectivity index (χ4v) is 5.30. The lowest BCUT2D eigenvalue weighted by Gasteiger charge is -2.31. The highest BCUT2D eigenvalue weighted by molar-refractivity contribution is 5.91. The lowest BCUT2D eigenvalue weighted by atomic mass is 10.0. The van der Waals surface area contributed by atoms with Crippen molar-refractivity contribution in [3.05, 3.63) is 96.7 Å². The third-order valence-electron chi connectivity index (χ3n) is 7.65. The fraction of sp³-hybridized carbons (Fsp3) is 0.286. The van der Waals surface area contributed by atoms with Gasteiger partial charge < -0.3 is 15.4 Å². The number of hydrogen-bond acceptors (Lipinski definition) is 9. The molecule has 0 bridgehead atoms. The van der Waals surface area contributed by atoms with E-state index in [0.29, 0.717) is 47.6 Å². The summed E-state index contributed by atoms with van der Waals surface area (Å²) in [5.41, 5.74) is 4.46. The van der Waals surface area contributed by atoms with Crippen molar-refractivity contribution in [1.29, 1.82) is 5.26 Å². The lowest BCUT2D eigenvalue weighted by Crippen LogP contribution is -2.47. The van der Waals surface area contributed by atoms with Crippen molar-refractivity contribution in [1.82, 2.24) is 35.0 Å². The first kappa shape index (κ1) is 32.6. The number of aryl methyl sites for hydroxylation is 1. The summed E-state index contributed by atoms with van der Waals surface area (Å²) in [6.45, 7) is 3.09. The number of hydrogen-bond donors (Lipinski definition) is 2. The van der Waals surface area contributed by atoms with E-state index >= 15 is 0 Å². The highest BCUT2D eigenvalue weighted by Gasteiger charge is 2.26. The number of carbonyl (C=O) groups is 1. The van der Waals surface area contributed by atoms with Crippen molar-refractivity contribution < 1.29 is 9.53 Å². The van der Waals surface area contributed by atoms with Gasteiger partial charge in [0.1, 0.15) is 11.9 Å². The van der Waals surface area contributed by atoms with Gasteiger partial charge in [-0.15, -0.1) is 0 Å². The molecule has 0 unspecified atom stereocenters. The van der Waals surface area contributed by atoms with Gasteiger partial charge >= 0.3 is 6.03 Å². The summed E-state index contributed by atoms with van der Waals surface area (Å²) < 4.78 is 6.99. The summed E-state index contributed by atoms with van der Waals surface area (Å²) in [6, 6.07) is 19.1. The highest BCUT2D eigenvalue weighted by atomic mass is 16.5. The Morgan fingerprint density at radius 2 is 1.87 bits per heavy atom. The first-order chi connectivity index (χ1) is 23.0. The molecule has 0 aliphatic heterocycles. The van der Waals surface area contributed by atoms with Crippen LogP contribution in [-0.4, -0.2) is 55.4 Å². The number of anilines is 2. The van der Waals surface area contributed by atoms with Gasteiger partial charge in [0, 0.05) is 67.5 Å². The van der Waals surface area contributed by atoms with E-state index in [2.05, 4.69) is 43.7 Å². The topological polar surface area (TPSA) is 147 Å². The number of methoxy groups -OCH3 is 1. The Morgan fingerprint density at radius 1 is 1.02 bits per heavy atom. The zero-order valence-electron chi connectivity index (χ0n) is 26.8. The molecule has 0 fully saturated rings. The van der Waals surface area contributed by atoms with Gasteiger partial charge in [0.25, 0.3) is 0 Å². The van der Waals surface area contributed by atoms with Gasteiger partial charge in [-0.3, -0.25) is 9.58 Å². The van der Waals surface area contributed by atoms with Crippen LogP contribution in [-0.2, 0) is 13.6 Å². The normalized spacial score (nSPS) is 11.4. The monoisotopic (exact) mass is 630 g/mol. The zero-order chi connectivity index (χ0) is 33.0. The first-order valence-electron chi connectivity index (χ1n) is 15.6. The molecule has 2 amide bonds. The van der Waals surface area contributed by atoms with Crippen molar-refractivity contribution in [3.8, 4) is 34.3 Å². The number of rotatable bonds is 14. The molecule has 0 saturated carbocycles. The van der Waals surface area contributed by atoms with Crippen LogP contribution in [0.1, 0.15) is 43.7 Å². The standard InChI is InChI=1S/C35H38N10O2/c1-4-9-30(12-8-16-38-34-40-22-28(19-36)33(43-34)26-15-17-37-32(18-26)47-3)45(35(46)41-20-25-10-6-5-7-11-25)31-14-13-27(21-39-31)29-23-42-44(2)24-29/h5-7,10-11,13-15,17-18,21-24,30H,4,8-9,12,16,20H2,1-3H3,(H,41,46)(H,38,40,43)/t30-/m0/s1. The number of carbonyl (C=O) groups excluding carboxylic acids is 1. The van der Waals surface area contributed by atoms with Crippen molar-refractivity contribution >= 4 is 17.8 Å². The minimum Gasteiger partial charge on any atom is -0.481 e. The highest BCUT2D eigenvalue weighted by Crippen LogP contribution is 2.26. The van der Waals surface area contributed by atoms with Crippen LogP contribution in [0.5, 0.6) is 5.88 Å². The van der Waals surface area contributed by atoms with E-state index in [4.69, 9.17) is 9.72 Å². The number of nitrogens with zero attached hydrogens (tertiary/aromatic N) is 8. The summed E-state index contributed by atoms with van der Waals surface area (Å²) in [4.78, 5) is 33.4. The molecule has 0 radical (unpaired) electrons. The van der Waals surface area contributed by atoms with Gasteiger partial charge in [0.15, 0.2) is 0 Å². The van der Waals surface area contributed by atoms with E-state index < -0.39 is 0 Å². The maximum Gasteiger partial charge on any atom is 0.323 e. The van der Waals surface area contributed by atoms with Crippen LogP contribution in [0.2, 0.25) is 0 Å². The number of aromatic nitrogens is 6.